The summed E-state index contributed by atoms with van der Waals surface area (Å²) in [4.78, 5) is 16.6. The van der Waals surface area contributed by atoms with E-state index in [2.05, 4.69) is 33.9 Å². The number of alkyl halides is 1. The molecular weight excluding hydrogens is 449 g/mol. The average molecular weight is 471 g/mol. The van der Waals surface area contributed by atoms with E-state index in [4.69, 9.17) is 23.5 Å². The van der Waals surface area contributed by atoms with E-state index < -0.39 is 10.6 Å². The molecule has 3 heterocycles. The Balaban J connectivity index is 1.91. The molecule has 4 rings (SSSR count). The molecule has 3 atom stereocenters. The number of carbonyl (C=O) groups is 1. The Morgan fingerprint density at radius 1 is 1.30 bits per heavy atom. The van der Waals surface area contributed by atoms with Crippen LogP contribution in [-0.2, 0) is 22.0 Å². The second-order valence-corrected chi connectivity index (χ2v) is 11.0. The van der Waals surface area contributed by atoms with Crippen LogP contribution in [0.4, 0.5) is 4.39 Å². The van der Waals surface area contributed by atoms with Crippen molar-refractivity contribution in [2.24, 2.45) is 0 Å². The Hall–Kier alpha value is -2.11. The number of carbonyl (C=O) groups excluding carboxylic acids is 1. The highest BCUT2D eigenvalue weighted by Gasteiger charge is 2.34. The average Bonchev–Trinajstić information content (AvgIpc) is 3.35. The quantitative estimate of drug-likeness (QED) is 0.324. The molecule has 1 aromatic carbocycles. The first-order chi connectivity index (χ1) is 15.4. The van der Waals surface area contributed by atoms with Crippen molar-refractivity contribution in [3.63, 3.8) is 0 Å². The van der Waals surface area contributed by atoms with Crippen molar-refractivity contribution in [3.8, 4) is 11.1 Å². The molecule has 10 heteroatoms. The molecule has 1 amide bonds. The van der Waals surface area contributed by atoms with E-state index in [9.17, 15) is 4.79 Å². The molecule has 0 N–H and O–H groups in total. The third-order valence-corrected chi connectivity index (χ3v) is 7.09. The molecule has 0 aliphatic carbocycles. The van der Waals surface area contributed by atoms with Crippen LogP contribution < -0.4 is 0 Å². The maximum Gasteiger partial charge on any atom is 0.246 e. The van der Waals surface area contributed by atoms with E-state index in [-0.39, 0.29) is 17.5 Å². The van der Waals surface area contributed by atoms with Gasteiger partial charge < -0.3 is 4.90 Å². The lowest BCUT2D eigenvalue weighted by molar-refractivity contribution is -0.127. The van der Waals surface area contributed by atoms with Gasteiger partial charge in [-0.25, -0.2) is 4.39 Å². The van der Waals surface area contributed by atoms with Gasteiger partial charge >= 0.3 is 0 Å². The highest BCUT2D eigenvalue weighted by atomic mass is 32.1. The Bertz CT molecular complexity index is 1230. The zero-order chi connectivity index (χ0) is 24.1. The molecule has 4 nitrogen and oxygen atoms in total. The summed E-state index contributed by atoms with van der Waals surface area (Å²) in [6, 6.07) is 9.90. The standard InChI is InChI=1S/C23H22B3FN3OPS/c1-4-20(31)29-10-17(16-9-13(2)33-19(16)12-29)14-7-5-6-8-15(14)18-11-30(23(24,25)26)28-21(18)22(3,27)32/h4-9,11,17H,1,10,12,32H2,2-3H3/t17-,22?/m0/s1. The van der Waals surface area contributed by atoms with Crippen LogP contribution in [0.5, 0.6) is 0 Å². The number of thiophene rings is 1. The molecule has 33 heavy (non-hydrogen) atoms. The summed E-state index contributed by atoms with van der Waals surface area (Å²) >= 11 is 1.68. The van der Waals surface area contributed by atoms with Gasteiger partial charge in [-0.15, -0.1) is 11.3 Å². The predicted molar refractivity (Wildman–Crippen MR) is 138 cm³/mol. The van der Waals surface area contributed by atoms with Gasteiger partial charge in [0.1, 0.15) is 5.69 Å². The van der Waals surface area contributed by atoms with Crippen LogP contribution in [-0.4, -0.2) is 50.7 Å². The van der Waals surface area contributed by atoms with Crippen LogP contribution >= 0.6 is 20.6 Å². The van der Waals surface area contributed by atoms with Gasteiger partial charge in [-0.2, -0.15) is 5.10 Å². The lowest BCUT2D eigenvalue weighted by Crippen LogP contribution is -2.37. The fraction of sp³-hybridized carbons (Fsp3) is 0.304. The summed E-state index contributed by atoms with van der Waals surface area (Å²) in [6.45, 7) is 8.13. The number of hydrogen-bond acceptors (Lipinski definition) is 3. The van der Waals surface area contributed by atoms with E-state index in [0.29, 0.717) is 18.7 Å². The Morgan fingerprint density at radius 3 is 2.64 bits per heavy atom. The summed E-state index contributed by atoms with van der Waals surface area (Å²) in [5.41, 5.74) is 3.60. The Labute approximate surface area is 204 Å². The van der Waals surface area contributed by atoms with E-state index in [1.54, 1.807) is 22.4 Å². The van der Waals surface area contributed by atoms with Gasteiger partial charge in [-0.05, 0) is 47.9 Å². The van der Waals surface area contributed by atoms with Gasteiger partial charge in [0.2, 0.25) is 5.91 Å². The van der Waals surface area contributed by atoms with Crippen LogP contribution in [0.3, 0.4) is 0 Å². The van der Waals surface area contributed by atoms with Gasteiger partial charge in [0, 0.05) is 34.0 Å². The number of nitrogens with zero attached hydrogens (tertiary/aromatic N) is 3. The SMILES string of the molecule is [B]C([B])([B])n1cc(-c2ccccc2[C@@H]2CN(C(=O)C=C)Cc3sc(C)cc32)c(C(C)(F)P)n1. The van der Waals surface area contributed by atoms with Gasteiger partial charge in [0.15, 0.2) is 5.41 Å². The van der Waals surface area contributed by atoms with Gasteiger partial charge in [0.05, 0.1) is 30.1 Å². The lowest BCUT2D eigenvalue weighted by atomic mass is 9.49. The van der Waals surface area contributed by atoms with E-state index >= 15 is 4.39 Å². The number of amides is 1. The summed E-state index contributed by atoms with van der Waals surface area (Å²) in [5, 5.41) is 0.659. The van der Waals surface area contributed by atoms with Crippen LogP contribution in [0.15, 0.2) is 49.2 Å². The highest BCUT2D eigenvalue weighted by molar-refractivity contribution is 7.18. The number of hydrogen-bond donors (Lipinski definition) is 0. The maximum atomic E-state index is 15.2. The zero-order valence-corrected chi connectivity index (χ0v) is 20.6. The lowest BCUT2D eigenvalue weighted by Gasteiger charge is -2.33. The number of rotatable bonds is 5. The van der Waals surface area contributed by atoms with E-state index in [0.717, 1.165) is 16.0 Å². The van der Waals surface area contributed by atoms with Crippen molar-refractivity contribution in [1.82, 2.24) is 14.7 Å². The number of aryl methyl sites for hydroxylation is 1. The summed E-state index contributed by atoms with van der Waals surface area (Å²) < 4.78 is 16.4. The monoisotopic (exact) mass is 471 g/mol. The first-order valence-electron chi connectivity index (χ1n) is 10.4. The fourth-order valence-corrected chi connectivity index (χ4v) is 5.62. The predicted octanol–water partition coefficient (Wildman–Crippen LogP) is 3.67. The topological polar surface area (TPSA) is 38.1 Å². The molecule has 3 aromatic rings. The van der Waals surface area contributed by atoms with Crippen molar-refractivity contribution in [3.05, 3.63) is 75.8 Å². The molecule has 0 bridgehead atoms. The van der Waals surface area contributed by atoms with Gasteiger partial charge in [-0.1, -0.05) is 40.1 Å². The van der Waals surface area contributed by atoms with E-state index in [1.165, 1.54) is 28.1 Å². The molecule has 1 aliphatic rings. The first-order valence-corrected chi connectivity index (χ1v) is 11.8. The number of aromatic nitrogens is 2. The normalized spacial score (nSPS) is 17.9. The minimum Gasteiger partial charge on any atom is -0.333 e. The van der Waals surface area contributed by atoms with Crippen molar-refractivity contribution in [2.75, 3.05) is 6.54 Å². The van der Waals surface area contributed by atoms with Crippen molar-refractivity contribution in [2.45, 2.75) is 37.0 Å². The Morgan fingerprint density at radius 2 is 2.00 bits per heavy atom. The van der Waals surface area contributed by atoms with Crippen LogP contribution in [0, 0.1) is 6.92 Å². The molecule has 1 aliphatic heterocycles. The minimum absolute atomic E-state index is 0.108. The van der Waals surface area contributed by atoms with Crippen molar-refractivity contribution in [1.29, 1.82) is 0 Å². The van der Waals surface area contributed by atoms with Crippen molar-refractivity contribution < 1.29 is 9.18 Å². The second kappa shape index (κ2) is 8.59. The fourth-order valence-electron chi connectivity index (χ4n) is 4.30. The smallest absolute Gasteiger partial charge is 0.246 e. The molecular formula is C23H22B3FN3OPS. The first kappa shape index (κ1) is 24.0. The minimum atomic E-state index is -1.85. The third-order valence-electron chi connectivity index (χ3n) is 5.76. The van der Waals surface area contributed by atoms with Crippen LogP contribution in [0.1, 0.15) is 39.4 Å². The number of benzene rings is 1. The van der Waals surface area contributed by atoms with Gasteiger partial charge in [-0.3, -0.25) is 9.48 Å². The summed E-state index contributed by atoms with van der Waals surface area (Å²) in [5.74, 6) is -0.230. The highest BCUT2D eigenvalue weighted by Crippen LogP contribution is 2.44. The number of halogens is 1. The summed E-state index contributed by atoms with van der Waals surface area (Å²) in [7, 11) is 19.7. The molecule has 2 aromatic heterocycles. The molecule has 162 valence electrons. The van der Waals surface area contributed by atoms with E-state index in [1.807, 2.05) is 24.3 Å². The Kier molecular flexibility index (Phi) is 6.26. The second-order valence-electron chi connectivity index (χ2n) is 8.60. The van der Waals surface area contributed by atoms with Crippen LogP contribution in [0.25, 0.3) is 11.1 Å². The molecule has 0 spiro atoms. The van der Waals surface area contributed by atoms with Crippen LogP contribution in [0.2, 0.25) is 0 Å². The summed E-state index contributed by atoms with van der Waals surface area (Å²) in [6.07, 6.45) is 2.91. The van der Waals surface area contributed by atoms with Gasteiger partial charge in [0.25, 0.3) is 0 Å². The zero-order valence-electron chi connectivity index (χ0n) is 18.6. The molecule has 0 saturated heterocycles. The largest absolute Gasteiger partial charge is 0.333 e. The number of fused-ring (bicyclic) bond motifs is 1. The maximum absolute atomic E-state index is 15.2. The third kappa shape index (κ3) is 4.63. The van der Waals surface area contributed by atoms with Crippen molar-refractivity contribution >= 4 is 50.0 Å². The molecule has 0 fully saturated rings. The molecule has 2 unspecified atom stereocenters. The molecule has 0 saturated carbocycles. The molecule has 6 radical (unpaired) electrons.